The average Bonchev–Trinajstić information content (AvgIpc) is 2.29. The fourth-order valence-electron chi connectivity index (χ4n) is 3.20. The minimum absolute atomic E-state index is 0.328. The van der Waals surface area contributed by atoms with Gasteiger partial charge in [0.2, 0.25) is 0 Å². The second-order valence-electron chi connectivity index (χ2n) is 4.85. The summed E-state index contributed by atoms with van der Waals surface area (Å²) in [6, 6.07) is 2.86. The minimum Gasteiger partial charge on any atom is -0.298 e. The van der Waals surface area contributed by atoms with Crippen molar-refractivity contribution >= 4 is 11.6 Å². The van der Waals surface area contributed by atoms with Crippen molar-refractivity contribution in [2.75, 3.05) is 13.1 Å². The standard InChI is InChI=1S/C12H19ClN2/c13-11(8-14)9-15-7-3-5-10-4-1-2-6-12(10)15/h10-12H,1-7,9H2. The molecule has 2 fully saturated rings. The summed E-state index contributed by atoms with van der Waals surface area (Å²) < 4.78 is 0. The largest absolute Gasteiger partial charge is 0.298 e. The van der Waals surface area contributed by atoms with Crippen LogP contribution in [0.25, 0.3) is 0 Å². The molecule has 0 bridgehead atoms. The Morgan fingerprint density at radius 2 is 2.00 bits per heavy atom. The van der Waals surface area contributed by atoms with Crippen LogP contribution in [0.3, 0.4) is 0 Å². The van der Waals surface area contributed by atoms with Gasteiger partial charge >= 0.3 is 0 Å². The molecule has 1 heterocycles. The maximum Gasteiger partial charge on any atom is 0.133 e. The van der Waals surface area contributed by atoms with Gasteiger partial charge in [-0.2, -0.15) is 5.26 Å². The summed E-state index contributed by atoms with van der Waals surface area (Å²) in [5.41, 5.74) is 0. The minimum atomic E-state index is -0.328. The number of nitriles is 1. The lowest BCUT2D eigenvalue weighted by atomic mass is 9.78. The van der Waals surface area contributed by atoms with Crippen molar-refractivity contribution < 1.29 is 0 Å². The first kappa shape index (κ1) is 11.2. The van der Waals surface area contributed by atoms with Gasteiger partial charge in [0.05, 0.1) is 6.07 Å². The van der Waals surface area contributed by atoms with Gasteiger partial charge in [-0.25, -0.2) is 0 Å². The van der Waals surface area contributed by atoms with Crippen molar-refractivity contribution in [2.45, 2.75) is 49.9 Å². The van der Waals surface area contributed by atoms with Crippen LogP contribution < -0.4 is 0 Å². The van der Waals surface area contributed by atoms with E-state index in [1.165, 1.54) is 38.5 Å². The number of rotatable bonds is 2. The van der Waals surface area contributed by atoms with E-state index in [1.54, 1.807) is 0 Å². The predicted octanol–water partition coefficient (Wildman–Crippen LogP) is 2.77. The van der Waals surface area contributed by atoms with Crippen molar-refractivity contribution in [3.05, 3.63) is 0 Å². The Morgan fingerprint density at radius 3 is 2.80 bits per heavy atom. The Labute approximate surface area is 97.2 Å². The van der Waals surface area contributed by atoms with E-state index in [0.717, 1.165) is 25.0 Å². The first-order chi connectivity index (χ1) is 7.31. The lowest BCUT2D eigenvalue weighted by molar-refractivity contribution is 0.0635. The number of hydrogen-bond acceptors (Lipinski definition) is 2. The second-order valence-corrected chi connectivity index (χ2v) is 5.37. The highest BCUT2D eigenvalue weighted by molar-refractivity contribution is 6.22. The molecule has 1 aliphatic carbocycles. The van der Waals surface area contributed by atoms with Crippen molar-refractivity contribution in [1.82, 2.24) is 4.90 Å². The Hall–Kier alpha value is -0.260. The molecule has 1 saturated heterocycles. The zero-order valence-electron chi connectivity index (χ0n) is 9.16. The van der Waals surface area contributed by atoms with Crippen LogP contribution in [-0.4, -0.2) is 29.4 Å². The molecule has 0 N–H and O–H groups in total. The van der Waals surface area contributed by atoms with E-state index in [9.17, 15) is 0 Å². The molecule has 0 amide bonds. The highest BCUT2D eigenvalue weighted by Gasteiger charge is 2.33. The molecule has 1 aliphatic heterocycles. The first-order valence-corrected chi connectivity index (χ1v) is 6.52. The number of nitrogens with zero attached hydrogens (tertiary/aromatic N) is 2. The van der Waals surface area contributed by atoms with E-state index in [0.29, 0.717) is 0 Å². The molecular weight excluding hydrogens is 208 g/mol. The van der Waals surface area contributed by atoms with Gasteiger partial charge in [0.25, 0.3) is 0 Å². The van der Waals surface area contributed by atoms with E-state index < -0.39 is 0 Å². The van der Waals surface area contributed by atoms with Crippen LogP contribution in [-0.2, 0) is 0 Å². The normalized spacial score (nSPS) is 34.1. The van der Waals surface area contributed by atoms with Gasteiger partial charge in [0, 0.05) is 12.6 Å². The molecule has 3 unspecified atom stereocenters. The Morgan fingerprint density at radius 1 is 1.27 bits per heavy atom. The monoisotopic (exact) mass is 226 g/mol. The van der Waals surface area contributed by atoms with Crippen molar-refractivity contribution in [1.29, 1.82) is 5.26 Å². The fourth-order valence-corrected chi connectivity index (χ4v) is 3.38. The number of fused-ring (bicyclic) bond motifs is 1. The Bertz CT molecular complexity index is 246. The van der Waals surface area contributed by atoms with Gasteiger partial charge in [-0.1, -0.05) is 12.8 Å². The summed E-state index contributed by atoms with van der Waals surface area (Å²) in [4.78, 5) is 2.47. The topological polar surface area (TPSA) is 27.0 Å². The van der Waals surface area contributed by atoms with E-state index in [2.05, 4.69) is 11.0 Å². The zero-order valence-corrected chi connectivity index (χ0v) is 9.92. The van der Waals surface area contributed by atoms with Gasteiger partial charge in [0.1, 0.15) is 5.38 Å². The second kappa shape index (κ2) is 5.18. The molecule has 15 heavy (non-hydrogen) atoms. The number of likely N-dealkylation sites (tertiary alicyclic amines) is 1. The van der Waals surface area contributed by atoms with E-state index in [4.69, 9.17) is 16.9 Å². The van der Waals surface area contributed by atoms with Crippen LogP contribution >= 0.6 is 11.6 Å². The van der Waals surface area contributed by atoms with Gasteiger partial charge in [-0.15, -0.1) is 11.6 Å². The van der Waals surface area contributed by atoms with Crippen LogP contribution in [0.5, 0.6) is 0 Å². The summed E-state index contributed by atoms with van der Waals surface area (Å²) in [5, 5.41) is 8.42. The summed E-state index contributed by atoms with van der Waals surface area (Å²) in [7, 11) is 0. The molecule has 0 radical (unpaired) electrons. The van der Waals surface area contributed by atoms with Gasteiger partial charge in [-0.05, 0) is 38.1 Å². The number of piperidine rings is 1. The number of halogens is 1. The molecule has 2 aliphatic rings. The Balaban J connectivity index is 1.95. The molecular formula is C12H19ClN2. The summed E-state index contributed by atoms with van der Waals surface area (Å²) in [5.74, 6) is 0.884. The van der Waals surface area contributed by atoms with Gasteiger partial charge in [0.15, 0.2) is 0 Å². The molecule has 1 saturated carbocycles. The van der Waals surface area contributed by atoms with E-state index in [-0.39, 0.29) is 5.38 Å². The third kappa shape index (κ3) is 2.65. The van der Waals surface area contributed by atoms with Crippen LogP contribution in [0.15, 0.2) is 0 Å². The molecule has 3 atom stereocenters. The fraction of sp³-hybridized carbons (Fsp3) is 0.917. The number of hydrogen-bond donors (Lipinski definition) is 0. The van der Waals surface area contributed by atoms with Crippen LogP contribution in [0.1, 0.15) is 38.5 Å². The maximum atomic E-state index is 8.75. The SMILES string of the molecule is N#CC(Cl)CN1CCCC2CCCCC21. The molecule has 0 aromatic heterocycles. The van der Waals surface area contributed by atoms with Gasteiger partial charge < -0.3 is 0 Å². The zero-order chi connectivity index (χ0) is 10.7. The molecule has 84 valence electrons. The molecule has 0 aromatic carbocycles. The summed E-state index contributed by atoms with van der Waals surface area (Å²) >= 11 is 5.93. The van der Waals surface area contributed by atoms with E-state index >= 15 is 0 Å². The smallest absolute Gasteiger partial charge is 0.133 e. The van der Waals surface area contributed by atoms with Gasteiger partial charge in [-0.3, -0.25) is 4.90 Å². The highest BCUT2D eigenvalue weighted by atomic mass is 35.5. The molecule has 0 spiro atoms. The summed E-state index contributed by atoms with van der Waals surface area (Å²) in [6.07, 6.45) is 8.14. The van der Waals surface area contributed by atoms with Crippen LogP contribution in [0, 0.1) is 17.2 Å². The van der Waals surface area contributed by atoms with Crippen LogP contribution in [0.2, 0.25) is 0 Å². The third-order valence-electron chi connectivity index (χ3n) is 3.89. The van der Waals surface area contributed by atoms with Crippen molar-refractivity contribution in [2.24, 2.45) is 5.92 Å². The highest BCUT2D eigenvalue weighted by Crippen LogP contribution is 2.35. The van der Waals surface area contributed by atoms with Crippen LogP contribution in [0.4, 0.5) is 0 Å². The molecule has 0 aromatic rings. The molecule has 2 nitrogen and oxygen atoms in total. The predicted molar refractivity (Wildman–Crippen MR) is 61.8 cm³/mol. The van der Waals surface area contributed by atoms with E-state index in [1.807, 2.05) is 0 Å². The van der Waals surface area contributed by atoms with Crippen molar-refractivity contribution in [3.63, 3.8) is 0 Å². The average molecular weight is 227 g/mol. The Kier molecular flexibility index (Phi) is 3.88. The lowest BCUT2D eigenvalue weighted by Gasteiger charge is -2.44. The summed E-state index contributed by atoms with van der Waals surface area (Å²) in [6.45, 7) is 1.91. The first-order valence-electron chi connectivity index (χ1n) is 6.09. The lowest BCUT2D eigenvalue weighted by Crippen LogP contribution is -2.48. The third-order valence-corrected chi connectivity index (χ3v) is 4.13. The molecule has 2 rings (SSSR count). The van der Waals surface area contributed by atoms with Crippen molar-refractivity contribution in [3.8, 4) is 6.07 Å². The quantitative estimate of drug-likeness (QED) is 0.677. The molecule has 3 heteroatoms. The number of alkyl halides is 1. The maximum absolute atomic E-state index is 8.75.